The molecule has 18 heavy (non-hydrogen) atoms. The third-order valence-electron chi connectivity index (χ3n) is 3.76. The van der Waals surface area contributed by atoms with Gasteiger partial charge in [-0.2, -0.15) is 0 Å². The number of hydrogen-bond acceptors (Lipinski definition) is 3. The van der Waals surface area contributed by atoms with Crippen molar-refractivity contribution in [3.05, 3.63) is 35.4 Å². The van der Waals surface area contributed by atoms with Gasteiger partial charge in [-0.3, -0.25) is 14.4 Å². The van der Waals surface area contributed by atoms with Crippen molar-refractivity contribution in [1.29, 1.82) is 0 Å². The SMILES string of the molecule is CC(=O)C(C)(C)CC1C(=O)c2ccccc2C1=O. The number of fused-ring (bicyclic) bond motifs is 1. The smallest absolute Gasteiger partial charge is 0.174 e. The van der Waals surface area contributed by atoms with Crippen LogP contribution in [0.3, 0.4) is 0 Å². The highest BCUT2D eigenvalue weighted by Crippen LogP contribution is 2.35. The Morgan fingerprint density at radius 3 is 1.94 bits per heavy atom. The van der Waals surface area contributed by atoms with Crippen molar-refractivity contribution in [1.82, 2.24) is 0 Å². The van der Waals surface area contributed by atoms with Crippen LogP contribution in [0, 0.1) is 11.3 Å². The zero-order chi connectivity index (χ0) is 13.5. The minimum Gasteiger partial charge on any atom is -0.299 e. The summed E-state index contributed by atoms with van der Waals surface area (Å²) in [6.45, 7) is 5.05. The number of carbonyl (C=O) groups excluding carboxylic acids is 3. The monoisotopic (exact) mass is 244 g/mol. The van der Waals surface area contributed by atoms with Crippen molar-refractivity contribution in [2.24, 2.45) is 11.3 Å². The number of benzene rings is 1. The predicted molar refractivity (Wildman–Crippen MR) is 67.7 cm³/mol. The third-order valence-corrected chi connectivity index (χ3v) is 3.76. The molecule has 0 bridgehead atoms. The molecule has 3 heteroatoms. The van der Waals surface area contributed by atoms with Gasteiger partial charge in [-0.15, -0.1) is 0 Å². The fourth-order valence-corrected chi connectivity index (χ4v) is 2.25. The van der Waals surface area contributed by atoms with Gasteiger partial charge in [0.25, 0.3) is 0 Å². The summed E-state index contributed by atoms with van der Waals surface area (Å²) in [6, 6.07) is 6.86. The quantitative estimate of drug-likeness (QED) is 0.768. The van der Waals surface area contributed by atoms with Gasteiger partial charge in [0, 0.05) is 16.5 Å². The second kappa shape index (κ2) is 4.16. The Labute approximate surface area is 106 Å². The van der Waals surface area contributed by atoms with Crippen molar-refractivity contribution in [3.63, 3.8) is 0 Å². The Bertz CT molecular complexity index is 505. The minimum absolute atomic E-state index is 0.000874. The van der Waals surface area contributed by atoms with Crippen molar-refractivity contribution >= 4 is 17.3 Å². The van der Waals surface area contributed by atoms with E-state index < -0.39 is 11.3 Å². The van der Waals surface area contributed by atoms with E-state index in [9.17, 15) is 14.4 Å². The van der Waals surface area contributed by atoms with Crippen LogP contribution in [0.2, 0.25) is 0 Å². The lowest BCUT2D eigenvalue weighted by Crippen LogP contribution is -2.29. The lowest BCUT2D eigenvalue weighted by atomic mass is 9.78. The number of rotatable bonds is 3. The molecule has 1 aromatic carbocycles. The van der Waals surface area contributed by atoms with E-state index in [1.807, 2.05) is 0 Å². The molecule has 94 valence electrons. The zero-order valence-corrected chi connectivity index (χ0v) is 10.8. The molecule has 0 saturated heterocycles. The Kier molecular flexibility index (Phi) is 2.93. The van der Waals surface area contributed by atoms with Gasteiger partial charge in [0.05, 0.1) is 5.92 Å². The highest BCUT2D eigenvalue weighted by atomic mass is 16.2. The Balaban J connectivity index is 2.32. The summed E-state index contributed by atoms with van der Waals surface area (Å²) in [7, 11) is 0. The standard InChI is InChI=1S/C15H16O3/c1-9(16)15(2,3)8-12-13(17)10-6-4-5-7-11(10)14(12)18/h4-7,12H,8H2,1-3H3. The molecule has 2 rings (SSSR count). The van der Waals surface area contributed by atoms with Crippen LogP contribution >= 0.6 is 0 Å². The van der Waals surface area contributed by atoms with Gasteiger partial charge in [0.1, 0.15) is 5.78 Å². The largest absolute Gasteiger partial charge is 0.299 e. The summed E-state index contributed by atoms with van der Waals surface area (Å²) < 4.78 is 0. The summed E-state index contributed by atoms with van der Waals surface area (Å²) in [5, 5.41) is 0. The minimum atomic E-state index is -0.693. The van der Waals surface area contributed by atoms with Crippen LogP contribution in [-0.2, 0) is 4.79 Å². The maximum atomic E-state index is 12.2. The van der Waals surface area contributed by atoms with E-state index in [2.05, 4.69) is 0 Å². The summed E-state index contributed by atoms with van der Waals surface area (Å²) in [5.41, 5.74) is 0.344. The maximum Gasteiger partial charge on any atom is 0.174 e. The lowest BCUT2D eigenvalue weighted by Gasteiger charge is -2.23. The van der Waals surface area contributed by atoms with Gasteiger partial charge < -0.3 is 0 Å². The van der Waals surface area contributed by atoms with E-state index in [4.69, 9.17) is 0 Å². The van der Waals surface area contributed by atoms with E-state index in [1.165, 1.54) is 6.92 Å². The molecule has 0 fully saturated rings. The predicted octanol–water partition coefficient (Wildman–Crippen LogP) is 2.69. The van der Waals surface area contributed by atoms with Crippen LogP contribution in [0.15, 0.2) is 24.3 Å². The lowest BCUT2D eigenvalue weighted by molar-refractivity contribution is -0.125. The Morgan fingerprint density at radius 2 is 1.56 bits per heavy atom. The zero-order valence-electron chi connectivity index (χ0n) is 10.8. The third kappa shape index (κ3) is 1.90. The van der Waals surface area contributed by atoms with E-state index >= 15 is 0 Å². The molecule has 0 saturated carbocycles. The second-order valence-electron chi connectivity index (χ2n) is 5.47. The Morgan fingerprint density at radius 1 is 1.11 bits per heavy atom. The second-order valence-corrected chi connectivity index (χ2v) is 5.47. The summed E-state index contributed by atoms with van der Waals surface area (Å²) in [5.74, 6) is -0.991. The average Bonchev–Trinajstić information content (AvgIpc) is 2.55. The van der Waals surface area contributed by atoms with E-state index in [0.717, 1.165) is 0 Å². The van der Waals surface area contributed by atoms with Gasteiger partial charge in [-0.05, 0) is 13.3 Å². The number of hydrogen-bond donors (Lipinski definition) is 0. The molecule has 0 N–H and O–H groups in total. The molecule has 0 spiro atoms. The van der Waals surface area contributed by atoms with Gasteiger partial charge in [0.2, 0.25) is 0 Å². The first-order valence-corrected chi connectivity index (χ1v) is 6.03. The molecule has 0 heterocycles. The first-order chi connectivity index (χ1) is 8.34. The molecule has 0 radical (unpaired) electrons. The van der Waals surface area contributed by atoms with Crippen LogP contribution in [-0.4, -0.2) is 17.3 Å². The molecule has 0 amide bonds. The van der Waals surface area contributed by atoms with Crippen LogP contribution in [0.1, 0.15) is 47.9 Å². The van der Waals surface area contributed by atoms with Crippen molar-refractivity contribution in [2.75, 3.05) is 0 Å². The van der Waals surface area contributed by atoms with Crippen LogP contribution < -0.4 is 0 Å². The first-order valence-electron chi connectivity index (χ1n) is 6.03. The Hall–Kier alpha value is -1.77. The van der Waals surface area contributed by atoms with Gasteiger partial charge in [0.15, 0.2) is 11.6 Å². The van der Waals surface area contributed by atoms with Crippen LogP contribution in [0.5, 0.6) is 0 Å². The molecule has 0 atom stereocenters. The number of Topliss-reactive ketones (excluding diaryl/α,β-unsaturated/α-hetero) is 3. The number of carbonyl (C=O) groups is 3. The molecular formula is C15H16O3. The highest BCUT2D eigenvalue weighted by Gasteiger charge is 2.42. The average molecular weight is 244 g/mol. The summed E-state index contributed by atoms with van der Waals surface area (Å²) in [6.07, 6.45) is 0.286. The molecule has 3 nitrogen and oxygen atoms in total. The van der Waals surface area contributed by atoms with E-state index in [0.29, 0.717) is 11.1 Å². The maximum absolute atomic E-state index is 12.2. The van der Waals surface area contributed by atoms with Crippen molar-refractivity contribution < 1.29 is 14.4 Å². The van der Waals surface area contributed by atoms with Crippen LogP contribution in [0.25, 0.3) is 0 Å². The molecule has 1 aliphatic rings. The normalized spacial score (nSPS) is 15.9. The highest BCUT2D eigenvalue weighted by molar-refractivity contribution is 6.26. The van der Waals surface area contributed by atoms with Crippen molar-refractivity contribution in [2.45, 2.75) is 27.2 Å². The molecular weight excluding hydrogens is 228 g/mol. The summed E-state index contributed by atoms with van der Waals surface area (Å²) >= 11 is 0. The fourth-order valence-electron chi connectivity index (χ4n) is 2.25. The molecule has 0 unspecified atom stereocenters. The van der Waals surface area contributed by atoms with Gasteiger partial charge in [-0.1, -0.05) is 38.1 Å². The fraction of sp³-hybridized carbons (Fsp3) is 0.400. The van der Waals surface area contributed by atoms with Gasteiger partial charge in [-0.25, -0.2) is 0 Å². The number of ketones is 3. The van der Waals surface area contributed by atoms with Crippen LogP contribution in [0.4, 0.5) is 0 Å². The molecule has 0 aromatic heterocycles. The molecule has 1 aliphatic carbocycles. The topological polar surface area (TPSA) is 51.2 Å². The first kappa shape index (κ1) is 12.7. The van der Waals surface area contributed by atoms with E-state index in [1.54, 1.807) is 38.1 Å². The van der Waals surface area contributed by atoms with E-state index in [-0.39, 0.29) is 23.8 Å². The molecule has 0 aliphatic heterocycles. The molecule has 1 aromatic rings. The van der Waals surface area contributed by atoms with Crippen molar-refractivity contribution in [3.8, 4) is 0 Å². The summed E-state index contributed by atoms with van der Waals surface area (Å²) in [4.78, 5) is 35.9. The van der Waals surface area contributed by atoms with Gasteiger partial charge >= 0.3 is 0 Å².